The van der Waals surface area contributed by atoms with Gasteiger partial charge in [-0.1, -0.05) is 23.8 Å². The molecular formula is C19H15ClF5N7OS. The van der Waals surface area contributed by atoms with E-state index < -0.39 is 36.4 Å². The molecule has 15 heteroatoms. The molecule has 0 aliphatic carbocycles. The fraction of sp³-hybridized carbons (Fsp3) is 0.316. The maximum atomic E-state index is 13.5. The molecule has 1 aromatic carbocycles. The van der Waals surface area contributed by atoms with Gasteiger partial charge in [0.2, 0.25) is 5.91 Å². The molecule has 1 atom stereocenters. The first kappa shape index (κ1) is 24.0. The lowest BCUT2D eigenvalue weighted by atomic mass is 9.84. The van der Waals surface area contributed by atoms with Crippen LogP contribution in [0.5, 0.6) is 0 Å². The largest absolute Gasteiger partial charge is 0.453 e. The Labute approximate surface area is 198 Å². The fourth-order valence-corrected chi connectivity index (χ4v) is 3.98. The van der Waals surface area contributed by atoms with Crippen LogP contribution in [0.25, 0.3) is 22.4 Å². The number of thiocarbonyl (C=S) groups is 1. The van der Waals surface area contributed by atoms with E-state index in [1.807, 2.05) is 0 Å². The minimum atomic E-state index is -5.71. The van der Waals surface area contributed by atoms with Gasteiger partial charge in [-0.15, -0.1) is 0 Å². The number of hydrogen-bond donors (Lipinski definition) is 3. The highest BCUT2D eigenvalue weighted by molar-refractivity contribution is 7.80. The number of carbonyl (C=O) groups excluding carboxylic acids is 1. The normalized spacial score (nSPS) is 18.3. The monoisotopic (exact) mass is 519 g/mol. The van der Waals surface area contributed by atoms with E-state index in [9.17, 15) is 26.7 Å². The van der Waals surface area contributed by atoms with E-state index in [-0.39, 0.29) is 44.2 Å². The molecule has 0 radical (unpaired) electrons. The molecule has 0 fully saturated rings. The number of hydrogen-bond acceptors (Lipinski definition) is 6. The highest BCUT2D eigenvalue weighted by Gasteiger charge is 2.56. The van der Waals surface area contributed by atoms with E-state index in [1.165, 1.54) is 25.1 Å². The third kappa shape index (κ3) is 3.60. The summed E-state index contributed by atoms with van der Waals surface area (Å²) >= 11 is 11.0. The summed E-state index contributed by atoms with van der Waals surface area (Å²) in [5, 5.41) is 7.21. The molecule has 8 nitrogen and oxygen atoms in total. The van der Waals surface area contributed by atoms with Crippen LogP contribution in [-0.4, -0.2) is 42.7 Å². The van der Waals surface area contributed by atoms with Crippen LogP contribution >= 0.6 is 23.8 Å². The molecule has 0 saturated carbocycles. The Morgan fingerprint density at radius 1 is 1.26 bits per heavy atom. The van der Waals surface area contributed by atoms with Gasteiger partial charge in [0.25, 0.3) is 0 Å². The summed E-state index contributed by atoms with van der Waals surface area (Å²) in [6, 6.07) is 4.33. The summed E-state index contributed by atoms with van der Waals surface area (Å²) < 4.78 is 65.8. The van der Waals surface area contributed by atoms with Gasteiger partial charge in [-0.2, -0.15) is 27.1 Å². The Balaban J connectivity index is 1.83. The zero-order valence-corrected chi connectivity index (χ0v) is 18.7. The minimum absolute atomic E-state index is 0.0306. The number of aryl methyl sites for hydroxylation is 1. The lowest BCUT2D eigenvalue weighted by molar-refractivity contribution is -0.285. The number of rotatable bonds is 5. The van der Waals surface area contributed by atoms with Gasteiger partial charge in [0.05, 0.1) is 16.1 Å². The van der Waals surface area contributed by atoms with Crippen molar-refractivity contribution in [2.75, 3.05) is 11.1 Å². The highest BCUT2D eigenvalue weighted by atomic mass is 35.5. The van der Waals surface area contributed by atoms with Crippen molar-refractivity contribution in [3.05, 3.63) is 28.8 Å². The third-order valence-corrected chi connectivity index (χ3v) is 6.24. The summed E-state index contributed by atoms with van der Waals surface area (Å²) in [5.41, 5.74) is 10.8. The number of nitrogens with zero attached hydrogens (tertiary/aromatic N) is 4. The summed E-state index contributed by atoms with van der Waals surface area (Å²) in [4.78, 5) is 20.8. The Hall–Kier alpha value is -3.13. The maximum absolute atomic E-state index is 13.5. The smallest absolute Gasteiger partial charge is 0.392 e. The predicted octanol–water partition coefficient (Wildman–Crippen LogP) is 3.81. The summed E-state index contributed by atoms with van der Waals surface area (Å²) in [7, 11) is 0. The SMILES string of the molecule is CC1(C(N)=S)C(=O)Nc2nc(-c3nn(CCC(F)(F)C(F)(F)F)c4cc(Cl)ccc34)nc(N)c21. The van der Waals surface area contributed by atoms with Crippen molar-refractivity contribution in [3.63, 3.8) is 0 Å². The van der Waals surface area contributed by atoms with Crippen molar-refractivity contribution >= 4 is 57.3 Å². The molecule has 5 N–H and O–H groups in total. The van der Waals surface area contributed by atoms with Crippen LogP contribution in [0.2, 0.25) is 5.02 Å². The van der Waals surface area contributed by atoms with Gasteiger partial charge in [-0.25, -0.2) is 9.97 Å². The van der Waals surface area contributed by atoms with E-state index in [0.717, 1.165) is 4.68 Å². The number of benzene rings is 1. The van der Waals surface area contributed by atoms with Crippen molar-refractivity contribution in [1.29, 1.82) is 0 Å². The number of nitrogens with two attached hydrogens (primary N) is 2. The second kappa shape index (κ2) is 7.70. The maximum Gasteiger partial charge on any atom is 0.453 e. The summed E-state index contributed by atoms with van der Waals surface area (Å²) in [6.07, 6.45) is -7.25. The molecule has 3 aromatic rings. The second-order valence-electron chi connectivity index (χ2n) is 7.78. The van der Waals surface area contributed by atoms with E-state index >= 15 is 0 Å². The van der Waals surface area contributed by atoms with Gasteiger partial charge < -0.3 is 16.8 Å². The molecule has 1 unspecified atom stereocenters. The van der Waals surface area contributed by atoms with Crippen LogP contribution in [-0.2, 0) is 16.8 Å². The highest BCUT2D eigenvalue weighted by Crippen LogP contribution is 2.42. The zero-order chi connectivity index (χ0) is 25.2. The Kier molecular flexibility index (Phi) is 5.44. The number of alkyl halides is 5. The molecule has 1 aliphatic rings. The van der Waals surface area contributed by atoms with Gasteiger partial charge in [0.1, 0.15) is 22.7 Å². The summed E-state index contributed by atoms with van der Waals surface area (Å²) in [5.74, 6) is -5.69. The van der Waals surface area contributed by atoms with Gasteiger partial charge in [0, 0.05) is 23.4 Å². The van der Waals surface area contributed by atoms with Crippen LogP contribution in [0.15, 0.2) is 18.2 Å². The molecule has 2 aromatic heterocycles. The molecule has 180 valence electrons. The van der Waals surface area contributed by atoms with Gasteiger partial charge in [0.15, 0.2) is 5.82 Å². The number of amides is 1. The number of carbonyl (C=O) groups is 1. The Bertz CT molecular complexity index is 1360. The van der Waals surface area contributed by atoms with Crippen molar-refractivity contribution < 1.29 is 26.7 Å². The number of halogens is 6. The van der Waals surface area contributed by atoms with E-state index in [0.29, 0.717) is 5.39 Å². The molecule has 0 bridgehead atoms. The molecule has 0 spiro atoms. The molecular weight excluding hydrogens is 505 g/mol. The Morgan fingerprint density at radius 3 is 2.56 bits per heavy atom. The first-order chi connectivity index (χ1) is 15.7. The quantitative estimate of drug-likeness (QED) is 0.346. The van der Waals surface area contributed by atoms with Crippen molar-refractivity contribution in [1.82, 2.24) is 19.7 Å². The first-order valence-corrected chi connectivity index (χ1v) is 10.4. The molecule has 1 aliphatic heterocycles. The predicted molar refractivity (Wildman–Crippen MR) is 119 cm³/mol. The van der Waals surface area contributed by atoms with Crippen LogP contribution in [0.4, 0.5) is 33.6 Å². The number of anilines is 2. The average molecular weight is 520 g/mol. The second-order valence-corrected chi connectivity index (χ2v) is 8.66. The topological polar surface area (TPSA) is 125 Å². The number of fused-ring (bicyclic) bond motifs is 2. The minimum Gasteiger partial charge on any atom is -0.392 e. The lowest BCUT2D eigenvalue weighted by Gasteiger charge is -2.20. The zero-order valence-electron chi connectivity index (χ0n) is 17.2. The van der Waals surface area contributed by atoms with Crippen LogP contribution < -0.4 is 16.8 Å². The number of aromatic nitrogens is 4. The fourth-order valence-electron chi connectivity index (χ4n) is 3.62. The van der Waals surface area contributed by atoms with Crippen molar-refractivity contribution in [3.8, 4) is 11.5 Å². The van der Waals surface area contributed by atoms with E-state index in [2.05, 4.69) is 20.4 Å². The van der Waals surface area contributed by atoms with Crippen molar-refractivity contribution in [2.24, 2.45) is 5.73 Å². The Morgan fingerprint density at radius 2 is 1.94 bits per heavy atom. The van der Waals surface area contributed by atoms with Crippen LogP contribution in [0.1, 0.15) is 18.9 Å². The van der Waals surface area contributed by atoms with Gasteiger partial charge in [-0.3, -0.25) is 9.48 Å². The number of nitrogen functional groups attached to an aromatic ring is 1. The number of nitrogens with one attached hydrogen (secondary N) is 1. The standard InChI is InChI=1S/C19H15ClF5N7OS/c1-17(15(27)34)10-12(26)28-14(29-13(10)30-16(17)33)11-8-3-2-7(20)6-9(8)32(31-11)5-4-18(21,22)19(23,24)25/h2-3,6H,4-5H2,1H3,(H2,27,34)(H3,26,28,29,30,33). The molecule has 3 heterocycles. The first-order valence-electron chi connectivity index (χ1n) is 9.57. The van der Waals surface area contributed by atoms with Crippen LogP contribution in [0.3, 0.4) is 0 Å². The molecule has 1 amide bonds. The molecule has 0 saturated heterocycles. The molecule has 4 rings (SSSR count). The third-order valence-electron chi connectivity index (χ3n) is 5.59. The van der Waals surface area contributed by atoms with Gasteiger partial charge in [-0.05, 0) is 25.1 Å². The van der Waals surface area contributed by atoms with Crippen molar-refractivity contribution in [2.45, 2.75) is 37.4 Å². The summed E-state index contributed by atoms with van der Waals surface area (Å²) in [6.45, 7) is 0.683. The molecule has 34 heavy (non-hydrogen) atoms. The van der Waals surface area contributed by atoms with E-state index in [4.69, 9.17) is 35.3 Å². The van der Waals surface area contributed by atoms with Crippen LogP contribution in [0, 0.1) is 0 Å². The van der Waals surface area contributed by atoms with Gasteiger partial charge >= 0.3 is 12.1 Å². The average Bonchev–Trinajstić information content (AvgIpc) is 3.21. The lowest BCUT2D eigenvalue weighted by Crippen LogP contribution is -2.43. The van der Waals surface area contributed by atoms with E-state index in [1.54, 1.807) is 0 Å².